The Hall–Kier alpha value is -3.31. The second-order valence-electron chi connectivity index (χ2n) is 7.31. The number of urea groups is 1. The van der Waals surface area contributed by atoms with Gasteiger partial charge in [0.1, 0.15) is 10.7 Å². The molecule has 3 heterocycles. The van der Waals surface area contributed by atoms with Gasteiger partial charge in [-0.05, 0) is 30.0 Å². The van der Waals surface area contributed by atoms with E-state index in [1.807, 2.05) is 6.07 Å². The fourth-order valence-corrected chi connectivity index (χ4v) is 4.81. The summed E-state index contributed by atoms with van der Waals surface area (Å²) in [4.78, 5) is 16.6. The van der Waals surface area contributed by atoms with Crippen molar-refractivity contribution in [3.63, 3.8) is 0 Å². The van der Waals surface area contributed by atoms with Crippen LogP contribution < -0.4 is 15.2 Å². The van der Waals surface area contributed by atoms with E-state index in [0.717, 1.165) is 36.6 Å². The van der Waals surface area contributed by atoms with Gasteiger partial charge in [0.25, 0.3) is 0 Å². The van der Waals surface area contributed by atoms with E-state index in [-0.39, 0.29) is 10.8 Å². The Labute approximate surface area is 177 Å². The molecule has 2 aliphatic rings. The van der Waals surface area contributed by atoms with Crippen molar-refractivity contribution in [3.05, 3.63) is 53.7 Å². The van der Waals surface area contributed by atoms with Crippen molar-refractivity contribution in [2.45, 2.75) is 30.7 Å². The van der Waals surface area contributed by atoms with E-state index in [1.165, 1.54) is 18.5 Å². The normalized spacial score (nSPS) is 16.2. The largest absolute Gasteiger partial charge is 0.477 e. The van der Waals surface area contributed by atoms with E-state index in [9.17, 15) is 13.4 Å². The molecule has 0 fully saturated rings. The molecule has 1 aliphatic carbocycles. The van der Waals surface area contributed by atoms with Crippen molar-refractivity contribution in [1.82, 2.24) is 14.8 Å². The number of benzene rings is 1. The first-order valence-electron chi connectivity index (χ1n) is 9.73. The Morgan fingerprint density at radius 2 is 2.13 bits per heavy atom. The minimum atomic E-state index is -3.60. The van der Waals surface area contributed by atoms with E-state index in [1.54, 1.807) is 10.7 Å². The summed E-state index contributed by atoms with van der Waals surface area (Å²) in [5.41, 5.74) is 3.18. The lowest BCUT2D eigenvalue weighted by Gasteiger charge is -2.25. The molecule has 31 heavy (non-hydrogen) atoms. The maximum Gasteiger partial charge on any atom is 0.354 e. The lowest BCUT2D eigenvalue weighted by molar-refractivity contribution is 0.224. The topological polar surface area (TPSA) is 124 Å². The molecule has 1 aromatic carbocycles. The van der Waals surface area contributed by atoms with Crippen LogP contribution in [0.1, 0.15) is 17.5 Å². The van der Waals surface area contributed by atoms with Crippen molar-refractivity contribution in [2.75, 3.05) is 11.9 Å². The summed E-state index contributed by atoms with van der Waals surface area (Å²) in [5.74, 6) is -0.251. The number of pyridine rings is 1. The predicted octanol–water partition coefficient (Wildman–Crippen LogP) is 2.90. The third-order valence-electron chi connectivity index (χ3n) is 5.40. The van der Waals surface area contributed by atoms with Gasteiger partial charge < -0.3 is 10.1 Å². The number of ether oxygens (including phenoxy) is 1. The molecule has 11 heteroatoms. The highest BCUT2D eigenvalue weighted by Crippen LogP contribution is 2.39. The van der Waals surface area contributed by atoms with Gasteiger partial charge in [-0.25, -0.2) is 23.2 Å². The quantitative estimate of drug-likeness (QED) is 0.645. The first kappa shape index (κ1) is 19.6. The minimum absolute atomic E-state index is 0.0730. The molecule has 2 aromatic heterocycles. The third-order valence-corrected chi connectivity index (χ3v) is 6.74. The predicted molar refractivity (Wildman–Crippen MR) is 111 cm³/mol. The van der Waals surface area contributed by atoms with Gasteiger partial charge in [-0.2, -0.15) is 5.10 Å². The van der Waals surface area contributed by atoms with Gasteiger partial charge in [0.2, 0.25) is 5.88 Å². The molecule has 1 aliphatic heterocycles. The number of carbonyl (C=O) groups is 1. The lowest BCUT2D eigenvalue weighted by Crippen LogP contribution is -2.22. The average molecular weight is 442 g/mol. The van der Waals surface area contributed by atoms with Crippen molar-refractivity contribution in [1.29, 1.82) is 0 Å². The first-order valence-corrected chi connectivity index (χ1v) is 11.3. The van der Waals surface area contributed by atoms with Gasteiger partial charge in [0.15, 0.2) is 9.92 Å². The minimum Gasteiger partial charge on any atom is -0.477 e. The number of hydrogen-bond acceptors (Lipinski definition) is 5. The molecule has 3 aromatic rings. The number of aryl methyl sites for hydroxylation is 2. The molecule has 160 valence electrons. The molecule has 0 spiro atoms. The molecular weight excluding hydrogens is 423 g/mol. The fraction of sp³-hybridized carbons (Fsp3) is 0.250. The van der Waals surface area contributed by atoms with Crippen LogP contribution in [0, 0.1) is 5.82 Å². The maximum absolute atomic E-state index is 14.4. The highest BCUT2D eigenvalue weighted by Gasteiger charge is 2.26. The Kier molecular flexibility index (Phi) is 4.71. The average Bonchev–Trinajstić information content (AvgIpc) is 3.15. The third kappa shape index (κ3) is 3.45. The number of aromatic nitrogens is 3. The maximum atomic E-state index is 14.4. The van der Waals surface area contributed by atoms with Crippen LogP contribution in [0.3, 0.4) is 0 Å². The molecule has 0 radical (unpaired) electrons. The number of anilines is 1. The Balaban J connectivity index is 1.52. The Morgan fingerprint density at radius 3 is 2.90 bits per heavy atom. The number of nitrogens with one attached hydrogen (secondary N) is 1. The zero-order valence-electron chi connectivity index (χ0n) is 16.4. The van der Waals surface area contributed by atoms with Gasteiger partial charge in [0.05, 0.1) is 24.7 Å². The first-order chi connectivity index (χ1) is 14.9. The van der Waals surface area contributed by atoms with Crippen LogP contribution in [-0.4, -0.2) is 31.6 Å². The van der Waals surface area contributed by atoms with Gasteiger partial charge in [0, 0.05) is 30.3 Å². The zero-order chi connectivity index (χ0) is 21.6. The smallest absolute Gasteiger partial charge is 0.354 e. The summed E-state index contributed by atoms with van der Waals surface area (Å²) in [6.45, 7) is 1.05. The highest BCUT2D eigenvalue weighted by molar-refractivity contribution is 7.91. The molecule has 0 bridgehead atoms. The monoisotopic (exact) mass is 442 g/mol. The molecule has 3 N–H and O–H groups in total. The van der Waals surface area contributed by atoms with E-state index in [2.05, 4.69) is 19.8 Å². The number of amides is 2. The number of nitrogens with zero attached hydrogens (tertiary/aromatic N) is 4. The summed E-state index contributed by atoms with van der Waals surface area (Å²) in [5, 5.41) is 12.7. The highest BCUT2D eigenvalue weighted by atomic mass is 32.2. The molecular formula is C20H19FN6O3S. The van der Waals surface area contributed by atoms with Crippen molar-refractivity contribution in [3.8, 4) is 17.0 Å². The standard InChI is InChI=1S/C20H19FN6O3S/c21-16-10-23-7-6-14(16)15-5-3-12-2-4-13(12)18(15)25-20(28)26-31(22,29)17-11-24-27-8-1-9-30-19(17)27/h3,5-7,10-11H,1-2,4,8-9H2,(H3,22,25,26,28,29). The Morgan fingerprint density at radius 1 is 1.26 bits per heavy atom. The summed E-state index contributed by atoms with van der Waals surface area (Å²) in [6, 6.07) is 4.29. The number of nitrogens with two attached hydrogens (primary N) is 1. The summed E-state index contributed by atoms with van der Waals surface area (Å²) in [7, 11) is -3.60. The van der Waals surface area contributed by atoms with Crippen LogP contribution in [0.15, 0.2) is 46.0 Å². The summed E-state index contributed by atoms with van der Waals surface area (Å²) >= 11 is 0. The van der Waals surface area contributed by atoms with Crippen molar-refractivity contribution >= 4 is 21.6 Å². The SMILES string of the molecule is NS(=O)(=NC(=O)Nc1c(-c2ccncc2F)ccc2c1CC2)c1cnn2c1OCCC2. The van der Waals surface area contributed by atoms with Gasteiger partial charge in [-0.3, -0.25) is 4.98 Å². The molecule has 0 saturated heterocycles. The molecule has 2 amide bonds. The molecule has 5 rings (SSSR count). The van der Waals surface area contributed by atoms with Crippen molar-refractivity contribution < 1.29 is 18.1 Å². The molecule has 1 atom stereocenters. The number of hydrogen-bond donors (Lipinski definition) is 2. The van der Waals surface area contributed by atoms with Crippen LogP contribution in [0.4, 0.5) is 14.9 Å². The van der Waals surface area contributed by atoms with Gasteiger partial charge in [-0.1, -0.05) is 12.1 Å². The van der Waals surface area contributed by atoms with E-state index >= 15 is 0 Å². The lowest BCUT2D eigenvalue weighted by atomic mass is 9.84. The van der Waals surface area contributed by atoms with E-state index in [4.69, 9.17) is 9.88 Å². The van der Waals surface area contributed by atoms with Crippen molar-refractivity contribution in [2.24, 2.45) is 9.50 Å². The molecule has 9 nitrogen and oxygen atoms in total. The second-order valence-corrected chi connectivity index (χ2v) is 9.07. The van der Waals surface area contributed by atoms with Crippen LogP contribution in [0.2, 0.25) is 0 Å². The molecule has 1 unspecified atom stereocenters. The van der Waals surface area contributed by atoms with Crippen LogP contribution in [0.25, 0.3) is 11.1 Å². The van der Waals surface area contributed by atoms with Crippen LogP contribution in [-0.2, 0) is 29.3 Å². The van der Waals surface area contributed by atoms with Gasteiger partial charge in [-0.15, -0.1) is 4.36 Å². The van der Waals surface area contributed by atoms with Crippen LogP contribution in [0.5, 0.6) is 5.88 Å². The van der Waals surface area contributed by atoms with Gasteiger partial charge >= 0.3 is 6.03 Å². The summed E-state index contributed by atoms with van der Waals surface area (Å²) in [6.07, 6.45) is 6.26. The second kappa shape index (κ2) is 7.43. The number of carbonyl (C=O) groups excluding carboxylic acids is 1. The fourth-order valence-electron chi connectivity index (χ4n) is 3.80. The Bertz CT molecular complexity index is 1330. The van der Waals surface area contributed by atoms with Crippen LogP contribution >= 0.6 is 0 Å². The number of fused-ring (bicyclic) bond motifs is 2. The van der Waals surface area contributed by atoms with E-state index in [0.29, 0.717) is 30.0 Å². The summed E-state index contributed by atoms with van der Waals surface area (Å²) < 4.78 is 38.2. The number of rotatable bonds is 3. The molecule has 0 saturated carbocycles. The number of halogens is 1. The van der Waals surface area contributed by atoms with E-state index < -0.39 is 21.8 Å². The zero-order valence-corrected chi connectivity index (χ0v) is 17.2.